The summed E-state index contributed by atoms with van der Waals surface area (Å²) in [6.07, 6.45) is -4.77. The largest absolute Gasteiger partial charge is 0.573 e. The third-order valence-electron chi connectivity index (χ3n) is 3.69. The summed E-state index contributed by atoms with van der Waals surface area (Å²) in [7, 11) is 3.73. The molecule has 2 aromatic rings. The Labute approximate surface area is 154 Å². The summed E-state index contributed by atoms with van der Waals surface area (Å²) in [4.78, 5) is 14.2. The van der Waals surface area contributed by atoms with E-state index in [-0.39, 0.29) is 23.9 Å². The predicted octanol–water partition coefficient (Wildman–Crippen LogP) is 4.27. The monoisotopic (exact) mass is 386 g/mol. The van der Waals surface area contributed by atoms with E-state index in [0.717, 1.165) is 17.7 Å². The summed E-state index contributed by atoms with van der Waals surface area (Å²) in [6.45, 7) is 0.288. The number of alkyl halides is 3. The number of carbonyl (C=O) groups excluding carboxylic acids is 1. The zero-order valence-corrected chi connectivity index (χ0v) is 14.9. The van der Waals surface area contributed by atoms with Crippen molar-refractivity contribution in [1.82, 2.24) is 10.2 Å². The minimum atomic E-state index is -4.77. The molecule has 0 aliphatic carbocycles. The van der Waals surface area contributed by atoms with E-state index in [1.54, 1.807) is 6.07 Å². The van der Waals surface area contributed by atoms with E-state index in [1.165, 1.54) is 12.1 Å². The number of hydrogen-bond donors (Lipinski definition) is 1. The van der Waals surface area contributed by atoms with Crippen LogP contribution in [0.2, 0.25) is 5.02 Å². The molecule has 1 atom stereocenters. The van der Waals surface area contributed by atoms with Crippen LogP contribution < -0.4 is 10.1 Å². The highest BCUT2D eigenvalue weighted by molar-refractivity contribution is 6.31. The molecule has 26 heavy (non-hydrogen) atoms. The number of nitrogens with zero attached hydrogens (tertiary/aromatic N) is 1. The van der Waals surface area contributed by atoms with Gasteiger partial charge >= 0.3 is 6.36 Å². The number of benzene rings is 2. The van der Waals surface area contributed by atoms with Crippen molar-refractivity contribution in [3.8, 4) is 5.75 Å². The number of carbonyl (C=O) groups is 1. The molecule has 0 bridgehead atoms. The van der Waals surface area contributed by atoms with Crippen LogP contribution in [0.15, 0.2) is 48.5 Å². The molecule has 0 fully saturated rings. The fourth-order valence-electron chi connectivity index (χ4n) is 2.42. The lowest BCUT2D eigenvalue weighted by atomic mass is 10.1. The Balaban J connectivity index is 2.03. The van der Waals surface area contributed by atoms with Gasteiger partial charge in [-0.2, -0.15) is 0 Å². The van der Waals surface area contributed by atoms with Crippen molar-refractivity contribution in [3.05, 3.63) is 64.7 Å². The molecule has 0 aliphatic rings. The fraction of sp³-hybridized carbons (Fsp3) is 0.278. The molecular formula is C18H18ClF3N2O2. The smallest absolute Gasteiger partial charge is 0.406 e. The topological polar surface area (TPSA) is 41.6 Å². The molecule has 0 heterocycles. The number of amides is 1. The summed E-state index contributed by atoms with van der Waals surface area (Å²) in [5, 5.41) is 3.36. The molecule has 8 heteroatoms. The third-order valence-corrected chi connectivity index (χ3v) is 4.04. The van der Waals surface area contributed by atoms with Crippen LogP contribution in [0, 0.1) is 0 Å². The standard InChI is InChI=1S/C18H18ClF3N2O2/c1-24(2)16(14-5-3-4-6-15(14)19)11-23-17(25)12-7-9-13(10-8-12)26-18(20,21)22/h3-10,16H,11H2,1-2H3,(H,23,25)/t16-/m1/s1. The molecule has 0 aromatic heterocycles. The molecule has 0 spiro atoms. The molecule has 1 amide bonds. The zero-order chi connectivity index (χ0) is 19.3. The molecule has 0 radical (unpaired) electrons. The van der Waals surface area contributed by atoms with Gasteiger partial charge in [0.2, 0.25) is 0 Å². The van der Waals surface area contributed by atoms with Gasteiger partial charge in [-0.15, -0.1) is 13.2 Å². The van der Waals surface area contributed by atoms with Gasteiger partial charge in [0.1, 0.15) is 5.75 Å². The fourth-order valence-corrected chi connectivity index (χ4v) is 2.68. The lowest BCUT2D eigenvalue weighted by molar-refractivity contribution is -0.274. The number of nitrogens with one attached hydrogen (secondary N) is 1. The van der Waals surface area contributed by atoms with Crippen molar-refractivity contribution >= 4 is 17.5 Å². The first-order chi connectivity index (χ1) is 12.2. The van der Waals surface area contributed by atoms with Gasteiger partial charge in [0.25, 0.3) is 5.91 Å². The first-order valence-corrected chi connectivity index (χ1v) is 8.10. The van der Waals surface area contributed by atoms with E-state index in [9.17, 15) is 18.0 Å². The minimum absolute atomic E-state index is 0.152. The van der Waals surface area contributed by atoms with Crippen LogP contribution in [0.25, 0.3) is 0 Å². The molecule has 0 aliphatic heterocycles. The number of likely N-dealkylation sites (N-methyl/N-ethyl adjacent to an activating group) is 1. The Kier molecular flexibility index (Phi) is 6.50. The van der Waals surface area contributed by atoms with Gasteiger partial charge in [-0.05, 0) is 50.0 Å². The zero-order valence-electron chi connectivity index (χ0n) is 14.2. The maximum absolute atomic E-state index is 12.3. The van der Waals surface area contributed by atoms with E-state index in [4.69, 9.17) is 11.6 Å². The van der Waals surface area contributed by atoms with Crippen molar-refractivity contribution in [2.75, 3.05) is 20.6 Å². The van der Waals surface area contributed by atoms with Crippen molar-refractivity contribution in [2.24, 2.45) is 0 Å². The Bertz CT molecular complexity index is 749. The van der Waals surface area contributed by atoms with Crippen molar-refractivity contribution in [2.45, 2.75) is 12.4 Å². The average Bonchev–Trinajstić information content (AvgIpc) is 2.55. The quantitative estimate of drug-likeness (QED) is 0.806. The van der Waals surface area contributed by atoms with Crippen LogP contribution in [-0.2, 0) is 0 Å². The second kappa shape index (κ2) is 8.42. The van der Waals surface area contributed by atoms with Crippen molar-refractivity contribution in [3.63, 3.8) is 0 Å². The Hall–Kier alpha value is -2.25. The van der Waals surface area contributed by atoms with Gasteiger partial charge in [0.05, 0.1) is 6.04 Å². The number of halogens is 4. The van der Waals surface area contributed by atoms with Gasteiger partial charge in [-0.1, -0.05) is 29.8 Å². The maximum atomic E-state index is 12.3. The summed E-state index contributed by atoms with van der Waals surface area (Å²) < 4.78 is 40.3. The summed E-state index contributed by atoms with van der Waals surface area (Å²) >= 11 is 6.22. The Morgan fingerprint density at radius 2 is 1.77 bits per heavy atom. The van der Waals surface area contributed by atoms with E-state index in [0.29, 0.717) is 5.02 Å². The second-order valence-electron chi connectivity index (χ2n) is 5.78. The van der Waals surface area contributed by atoms with Crippen LogP contribution in [0.3, 0.4) is 0 Å². The molecule has 0 unspecified atom stereocenters. The van der Waals surface area contributed by atoms with E-state index >= 15 is 0 Å². The number of rotatable bonds is 6. The predicted molar refractivity (Wildman–Crippen MR) is 93.3 cm³/mol. The Morgan fingerprint density at radius 3 is 2.31 bits per heavy atom. The molecule has 2 aromatic carbocycles. The highest BCUT2D eigenvalue weighted by Gasteiger charge is 2.31. The van der Waals surface area contributed by atoms with Gasteiger partial charge in [0, 0.05) is 17.1 Å². The first-order valence-electron chi connectivity index (χ1n) is 7.72. The first kappa shape index (κ1) is 20.1. The third kappa shape index (κ3) is 5.64. The maximum Gasteiger partial charge on any atom is 0.573 e. The van der Waals surface area contributed by atoms with E-state index in [1.807, 2.05) is 37.2 Å². The summed E-state index contributed by atoms with van der Waals surface area (Å²) in [5.74, 6) is -0.779. The van der Waals surface area contributed by atoms with E-state index in [2.05, 4.69) is 10.1 Å². The molecule has 4 nitrogen and oxygen atoms in total. The van der Waals surface area contributed by atoms with Gasteiger partial charge < -0.3 is 15.0 Å². The molecular weight excluding hydrogens is 369 g/mol. The van der Waals surface area contributed by atoms with Crippen LogP contribution in [0.5, 0.6) is 5.75 Å². The van der Waals surface area contributed by atoms with Gasteiger partial charge in [-0.3, -0.25) is 4.79 Å². The van der Waals surface area contributed by atoms with Gasteiger partial charge in [-0.25, -0.2) is 0 Å². The van der Waals surface area contributed by atoms with Gasteiger partial charge in [0.15, 0.2) is 0 Å². The molecule has 0 saturated carbocycles. The van der Waals surface area contributed by atoms with Crippen LogP contribution in [0.1, 0.15) is 22.0 Å². The van der Waals surface area contributed by atoms with Crippen molar-refractivity contribution in [1.29, 1.82) is 0 Å². The van der Waals surface area contributed by atoms with Crippen molar-refractivity contribution < 1.29 is 22.7 Å². The summed E-state index contributed by atoms with van der Waals surface area (Å²) in [6, 6.07) is 11.9. The highest BCUT2D eigenvalue weighted by Crippen LogP contribution is 2.26. The molecule has 1 N–H and O–H groups in total. The SMILES string of the molecule is CN(C)[C@H](CNC(=O)c1ccc(OC(F)(F)F)cc1)c1ccccc1Cl. The molecule has 0 saturated heterocycles. The molecule has 140 valence electrons. The minimum Gasteiger partial charge on any atom is -0.406 e. The number of ether oxygens (including phenoxy) is 1. The number of hydrogen-bond acceptors (Lipinski definition) is 3. The van der Waals surface area contributed by atoms with Crippen LogP contribution in [-0.4, -0.2) is 37.8 Å². The second-order valence-corrected chi connectivity index (χ2v) is 6.19. The lowest BCUT2D eigenvalue weighted by Crippen LogP contribution is -2.34. The molecule has 2 rings (SSSR count). The van der Waals surface area contributed by atoms with Crippen LogP contribution >= 0.6 is 11.6 Å². The van der Waals surface area contributed by atoms with Crippen LogP contribution in [0.4, 0.5) is 13.2 Å². The highest BCUT2D eigenvalue weighted by atomic mass is 35.5. The van der Waals surface area contributed by atoms with E-state index < -0.39 is 12.3 Å². The normalized spacial score (nSPS) is 12.7. The average molecular weight is 387 g/mol. The summed E-state index contributed by atoms with van der Waals surface area (Å²) in [5.41, 5.74) is 1.10. The lowest BCUT2D eigenvalue weighted by Gasteiger charge is -2.26. The Morgan fingerprint density at radius 1 is 1.15 bits per heavy atom.